The van der Waals surface area contributed by atoms with Crippen molar-refractivity contribution in [3.8, 4) is 6.07 Å². The number of carbonyl (C=O) groups is 1. The second-order valence-electron chi connectivity index (χ2n) is 10.7. The Morgan fingerprint density at radius 1 is 1.02 bits per heavy atom. The van der Waals surface area contributed by atoms with Crippen molar-refractivity contribution in [2.24, 2.45) is 5.92 Å². The van der Waals surface area contributed by atoms with Crippen LogP contribution < -0.4 is 9.62 Å². The molecule has 2 aliphatic heterocycles. The van der Waals surface area contributed by atoms with E-state index >= 15 is 0 Å². The molecule has 40 heavy (non-hydrogen) atoms. The molecule has 3 aromatic carbocycles. The topological polar surface area (TPSA) is 124 Å². The molecule has 8 nitrogen and oxygen atoms in total. The Bertz CT molecular complexity index is 1760. The number of carbonyl (C=O) groups excluding carboxylic acids is 1. The molecule has 2 heterocycles. The Kier molecular flexibility index (Phi) is 6.23. The fourth-order valence-electron chi connectivity index (χ4n) is 6.17. The quantitative estimate of drug-likeness (QED) is 0.478. The van der Waals surface area contributed by atoms with E-state index in [0.717, 1.165) is 12.8 Å². The summed E-state index contributed by atoms with van der Waals surface area (Å²) in [4.78, 5) is 13.2. The molecule has 206 valence electrons. The second kappa shape index (κ2) is 9.42. The maximum atomic E-state index is 14.2. The molecule has 1 N–H and O–H groups in total. The minimum atomic E-state index is -4.10. The first-order chi connectivity index (χ1) is 19.1. The number of hydrogen-bond acceptors (Lipinski definition) is 6. The van der Waals surface area contributed by atoms with Crippen molar-refractivity contribution in [1.82, 2.24) is 0 Å². The van der Waals surface area contributed by atoms with E-state index in [-0.39, 0.29) is 46.4 Å². The number of nitrogens with zero attached hydrogens (tertiary/aromatic N) is 2. The predicted octanol–water partition coefficient (Wildman–Crippen LogP) is 4.38. The predicted molar refractivity (Wildman–Crippen MR) is 148 cm³/mol. The molecular weight excluding hydrogens is 553 g/mol. The molecule has 1 spiro atoms. The summed E-state index contributed by atoms with van der Waals surface area (Å²) in [6, 6.07) is 17.8. The number of halogens is 1. The van der Waals surface area contributed by atoms with Crippen molar-refractivity contribution in [1.29, 1.82) is 5.26 Å². The fraction of sp³-hybridized carbons (Fsp3) is 0.310. The summed E-state index contributed by atoms with van der Waals surface area (Å²) in [5, 5.41) is 11.7. The van der Waals surface area contributed by atoms with E-state index in [9.17, 15) is 31.3 Å². The van der Waals surface area contributed by atoms with E-state index in [1.807, 2.05) is 6.07 Å². The molecule has 0 radical (unpaired) electrons. The standard InChI is InChI=1S/C29H26FN3O5S2/c30-24-3-1-2-4-25(24)32-28(34)21-9-12-26-23(17-21)29(13-15-39(35,36)16-14-29)27(20-7-8-20)33(26)40(37,38)22-10-5-19(18-31)6-11-22/h1-6,9-12,17,20,27H,7-8,13-16H2,(H,32,34). The van der Waals surface area contributed by atoms with Crippen LogP contribution in [-0.2, 0) is 25.3 Å². The van der Waals surface area contributed by atoms with Gasteiger partial charge in [0.1, 0.15) is 15.7 Å². The van der Waals surface area contributed by atoms with E-state index < -0.39 is 43.0 Å². The maximum Gasteiger partial charge on any atom is 0.264 e. The van der Waals surface area contributed by atoms with Crippen LogP contribution in [-0.4, -0.2) is 40.3 Å². The molecule has 3 aromatic rings. The van der Waals surface area contributed by atoms with Crippen LogP contribution in [0.4, 0.5) is 15.8 Å². The van der Waals surface area contributed by atoms with Crippen molar-refractivity contribution in [3.05, 3.63) is 89.2 Å². The van der Waals surface area contributed by atoms with Crippen LogP contribution in [0, 0.1) is 23.1 Å². The lowest BCUT2D eigenvalue weighted by Gasteiger charge is -2.41. The number of sulfonamides is 1. The molecule has 1 saturated heterocycles. The third-order valence-electron chi connectivity index (χ3n) is 8.30. The molecule has 0 bridgehead atoms. The Balaban J connectivity index is 1.48. The number of benzene rings is 3. The Labute approximate surface area is 232 Å². The van der Waals surface area contributed by atoms with Gasteiger partial charge in [-0.25, -0.2) is 21.2 Å². The van der Waals surface area contributed by atoms with Gasteiger partial charge in [-0.05, 0) is 91.8 Å². The van der Waals surface area contributed by atoms with Gasteiger partial charge in [-0.15, -0.1) is 0 Å². The van der Waals surface area contributed by atoms with Crippen molar-refractivity contribution in [3.63, 3.8) is 0 Å². The molecule has 1 aliphatic carbocycles. The number of nitrogens with one attached hydrogen (secondary N) is 1. The van der Waals surface area contributed by atoms with Crippen LogP contribution in [0.5, 0.6) is 0 Å². The lowest BCUT2D eigenvalue weighted by Crippen LogP contribution is -2.52. The average Bonchev–Trinajstić information content (AvgIpc) is 3.74. The first-order valence-electron chi connectivity index (χ1n) is 13.0. The smallest absolute Gasteiger partial charge is 0.264 e. The number of para-hydroxylation sites is 1. The van der Waals surface area contributed by atoms with Gasteiger partial charge in [0.2, 0.25) is 0 Å². The van der Waals surface area contributed by atoms with Gasteiger partial charge >= 0.3 is 0 Å². The molecule has 11 heteroatoms. The monoisotopic (exact) mass is 579 g/mol. The van der Waals surface area contributed by atoms with E-state index in [4.69, 9.17) is 0 Å². The van der Waals surface area contributed by atoms with Crippen LogP contribution in [0.1, 0.15) is 47.2 Å². The molecule has 2 fully saturated rings. The molecular formula is C29H26FN3O5S2. The number of rotatable bonds is 5. The van der Waals surface area contributed by atoms with Crippen molar-refractivity contribution < 1.29 is 26.0 Å². The molecule has 1 atom stereocenters. The summed E-state index contributed by atoms with van der Waals surface area (Å²) < 4.78 is 69.1. The van der Waals surface area contributed by atoms with Gasteiger partial charge in [0.05, 0.1) is 45.5 Å². The van der Waals surface area contributed by atoms with Crippen LogP contribution in [0.25, 0.3) is 0 Å². The number of anilines is 2. The molecule has 1 amide bonds. The van der Waals surface area contributed by atoms with Gasteiger partial charge < -0.3 is 5.32 Å². The van der Waals surface area contributed by atoms with Gasteiger partial charge in [0.25, 0.3) is 15.9 Å². The van der Waals surface area contributed by atoms with Gasteiger partial charge in [0, 0.05) is 11.0 Å². The molecule has 1 unspecified atom stereocenters. The fourth-order valence-corrected chi connectivity index (χ4v) is 9.53. The summed E-state index contributed by atoms with van der Waals surface area (Å²) in [7, 11) is -7.38. The van der Waals surface area contributed by atoms with Gasteiger partial charge in [-0.1, -0.05) is 12.1 Å². The second-order valence-corrected chi connectivity index (χ2v) is 14.8. The third-order valence-corrected chi connectivity index (χ3v) is 11.8. The van der Waals surface area contributed by atoms with Gasteiger partial charge in [0.15, 0.2) is 0 Å². The lowest BCUT2D eigenvalue weighted by molar-refractivity contribution is 0.102. The average molecular weight is 580 g/mol. The largest absolute Gasteiger partial charge is 0.319 e. The van der Waals surface area contributed by atoms with Gasteiger partial charge in [-0.2, -0.15) is 5.26 Å². The van der Waals surface area contributed by atoms with Crippen molar-refractivity contribution in [2.45, 2.75) is 42.0 Å². The highest BCUT2D eigenvalue weighted by Crippen LogP contribution is 2.59. The lowest BCUT2D eigenvalue weighted by atomic mass is 9.70. The molecule has 3 aliphatic rings. The number of sulfone groups is 1. The minimum Gasteiger partial charge on any atom is -0.319 e. The minimum absolute atomic E-state index is 0.0207. The van der Waals surface area contributed by atoms with Crippen molar-refractivity contribution in [2.75, 3.05) is 21.1 Å². The van der Waals surface area contributed by atoms with Gasteiger partial charge in [-0.3, -0.25) is 9.10 Å². The van der Waals surface area contributed by atoms with E-state index in [2.05, 4.69) is 5.32 Å². The van der Waals surface area contributed by atoms with E-state index in [0.29, 0.717) is 16.8 Å². The zero-order chi connectivity index (χ0) is 28.3. The number of amides is 1. The molecule has 6 rings (SSSR count). The first-order valence-corrected chi connectivity index (χ1v) is 16.3. The van der Waals surface area contributed by atoms with Crippen LogP contribution >= 0.6 is 0 Å². The third kappa shape index (κ3) is 4.35. The number of hydrogen-bond donors (Lipinski definition) is 1. The van der Waals surface area contributed by atoms with Crippen LogP contribution in [0.15, 0.2) is 71.6 Å². The van der Waals surface area contributed by atoms with Crippen LogP contribution in [0.2, 0.25) is 0 Å². The number of nitriles is 1. The van der Waals surface area contributed by atoms with Crippen LogP contribution in [0.3, 0.4) is 0 Å². The molecule has 1 saturated carbocycles. The zero-order valence-electron chi connectivity index (χ0n) is 21.4. The van der Waals surface area contributed by atoms with Crippen molar-refractivity contribution >= 4 is 37.1 Å². The Morgan fingerprint density at radius 2 is 1.70 bits per heavy atom. The SMILES string of the molecule is N#Cc1ccc(S(=O)(=O)N2c3ccc(C(=O)Nc4ccccc4F)cc3C3(CCS(=O)(=O)CC3)C2C2CC2)cc1. The summed E-state index contributed by atoms with van der Waals surface area (Å²) >= 11 is 0. The normalized spacial score (nSPS) is 21.0. The summed E-state index contributed by atoms with van der Waals surface area (Å²) in [6.45, 7) is 0. The zero-order valence-corrected chi connectivity index (χ0v) is 23.0. The Morgan fingerprint density at radius 3 is 2.33 bits per heavy atom. The maximum absolute atomic E-state index is 14.2. The highest BCUT2D eigenvalue weighted by atomic mass is 32.2. The highest BCUT2D eigenvalue weighted by molar-refractivity contribution is 7.93. The summed E-state index contributed by atoms with van der Waals surface area (Å²) in [5.74, 6) is -1.25. The number of fused-ring (bicyclic) bond motifs is 2. The summed E-state index contributed by atoms with van der Waals surface area (Å²) in [6.07, 6.45) is 2.10. The molecule has 0 aromatic heterocycles. The highest BCUT2D eigenvalue weighted by Gasteiger charge is 2.60. The van der Waals surface area contributed by atoms with E-state index in [1.54, 1.807) is 18.2 Å². The summed E-state index contributed by atoms with van der Waals surface area (Å²) in [5.41, 5.74) is 0.824. The Hall–Kier alpha value is -3.75. The van der Waals surface area contributed by atoms with E-state index in [1.165, 1.54) is 52.8 Å². The first kappa shape index (κ1) is 26.5.